The lowest BCUT2D eigenvalue weighted by atomic mass is 10.2. The fourth-order valence-corrected chi connectivity index (χ4v) is 1.40. The van der Waals surface area contributed by atoms with Crippen LogP contribution in [0.25, 0.3) is 0 Å². The molecule has 17 heavy (non-hydrogen) atoms. The number of ketones is 1. The Morgan fingerprint density at radius 1 is 1.41 bits per heavy atom. The highest BCUT2D eigenvalue weighted by molar-refractivity contribution is 5.95. The van der Waals surface area contributed by atoms with Gasteiger partial charge >= 0.3 is 0 Å². The van der Waals surface area contributed by atoms with E-state index in [2.05, 4.69) is 15.0 Å². The molecule has 0 saturated carbocycles. The maximum Gasteiger partial charge on any atom is 0.216 e. The minimum atomic E-state index is -0.111. The van der Waals surface area contributed by atoms with Gasteiger partial charge < -0.3 is 9.30 Å². The number of carbonyl (C=O) groups is 1. The predicted octanol–water partition coefficient (Wildman–Crippen LogP) is 0.644. The van der Waals surface area contributed by atoms with E-state index < -0.39 is 0 Å². The molecule has 0 spiro atoms. The normalized spacial score (nSPS) is 10.2. The van der Waals surface area contributed by atoms with Gasteiger partial charge in [0.05, 0.1) is 13.5 Å². The molecule has 0 aliphatic rings. The van der Waals surface area contributed by atoms with E-state index in [0.29, 0.717) is 17.4 Å². The molecule has 2 rings (SSSR count). The molecule has 0 unspecified atom stereocenters. The topological polar surface area (TPSA) is 69.9 Å². The molecule has 0 atom stereocenters. The molecule has 0 bridgehead atoms. The largest absolute Gasteiger partial charge is 0.481 e. The number of nitrogens with zero attached hydrogens (tertiary/aromatic N) is 4. The van der Waals surface area contributed by atoms with Gasteiger partial charge in [-0.3, -0.25) is 4.79 Å². The first-order valence-electron chi connectivity index (χ1n) is 5.06. The molecule has 0 aliphatic heterocycles. The lowest BCUT2D eigenvalue weighted by molar-refractivity contribution is 0.0984. The molecule has 0 aliphatic carbocycles. The second-order valence-electron chi connectivity index (χ2n) is 3.50. The van der Waals surface area contributed by atoms with Gasteiger partial charge in [-0.25, -0.2) is 15.0 Å². The van der Waals surface area contributed by atoms with Crippen molar-refractivity contribution in [2.75, 3.05) is 7.11 Å². The van der Waals surface area contributed by atoms with Crippen molar-refractivity contribution in [2.45, 2.75) is 6.42 Å². The van der Waals surface area contributed by atoms with Gasteiger partial charge in [-0.1, -0.05) is 0 Å². The van der Waals surface area contributed by atoms with Crippen LogP contribution in [-0.2, 0) is 13.5 Å². The SMILES string of the molecule is COc1cc(C(=O)Cc2nccn2C)ncn1. The Bertz CT molecular complexity index is 536. The summed E-state index contributed by atoms with van der Waals surface area (Å²) in [5.74, 6) is 0.968. The molecule has 0 radical (unpaired) electrons. The molecule has 2 aromatic rings. The third-order valence-electron chi connectivity index (χ3n) is 2.38. The van der Waals surface area contributed by atoms with Crippen molar-refractivity contribution in [3.63, 3.8) is 0 Å². The molecule has 0 amide bonds. The number of aryl methyl sites for hydroxylation is 1. The van der Waals surface area contributed by atoms with Crippen molar-refractivity contribution in [1.82, 2.24) is 19.5 Å². The quantitative estimate of drug-likeness (QED) is 0.724. The number of carbonyl (C=O) groups excluding carboxylic acids is 1. The zero-order valence-electron chi connectivity index (χ0n) is 9.62. The Kier molecular flexibility index (Phi) is 3.13. The van der Waals surface area contributed by atoms with Crippen LogP contribution in [0.1, 0.15) is 16.3 Å². The highest BCUT2D eigenvalue weighted by atomic mass is 16.5. The lowest BCUT2D eigenvalue weighted by Crippen LogP contribution is -2.10. The smallest absolute Gasteiger partial charge is 0.216 e. The van der Waals surface area contributed by atoms with Crippen LogP contribution in [0.4, 0.5) is 0 Å². The van der Waals surface area contributed by atoms with Gasteiger partial charge in [-0.05, 0) is 0 Å². The molecule has 0 N–H and O–H groups in total. The van der Waals surface area contributed by atoms with Gasteiger partial charge in [0.25, 0.3) is 0 Å². The second kappa shape index (κ2) is 4.73. The molecule has 2 heterocycles. The van der Waals surface area contributed by atoms with Gasteiger partial charge in [0.15, 0.2) is 5.78 Å². The molecule has 88 valence electrons. The van der Waals surface area contributed by atoms with E-state index in [0.717, 1.165) is 0 Å². The first-order valence-corrected chi connectivity index (χ1v) is 5.06. The predicted molar refractivity (Wildman–Crippen MR) is 59.8 cm³/mol. The third kappa shape index (κ3) is 2.47. The van der Waals surface area contributed by atoms with Crippen molar-refractivity contribution in [2.24, 2.45) is 7.05 Å². The Balaban J connectivity index is 2.17. The van der Waals surface area contributed by atoms with Crippen LogP contribution in [0.15, 0.2) is 24.8 Å². The summed E-state index contributed by atoms with van der Waals surface area (Å²) in [6.07, 6.45) is 4.97. The number of Topliss-reactive ketones (excluding diaryl/α,β-unsaturated/α-hetero) is 1. The summed E-state index contributed by atoms with van der Waals surface area (Å²) in [4.78, 5) is 23.8. The van der Waals surface area contributed by atoms with Crippen LogP contribution in [0, 0.1) is 0 Å². The number of methoxy groups -OCH3 is 1. The first-order chi connectivity index (χ1) is 8.20. The van der Waals surface area contributed by atoms with Crippen LogP contribution in [0.2, 0.25) is 0 Å². The number of aromatic nitrogens is 4. The Morgan fingerprint density at radius 2 is 2.24 bits per heavy atom. The summed E-state index contributed by atoms with van der Waals surface area (Å²) in [6, 6.07) is 1.52. The summed E-state index contributed by atoms with van der Waals surface area (Å²) >= 11 is 0. The lowest BCUT2D eigenvalue weighted by Gasteiger charge is -2.02. The van der Waals surface area contributed by atoms with Crippen LogP contribution in [0.3, 0.4) is 0 Å². The van der Waals surface area contributed by atoms with Crippen molar-refractivity contribution in [3.05, 3.63) is 36.3 Å². The summed E-state index contributed by atoms with van der Waals surface area (Å²) in [6.45, 7) is 0. The van der Waals surface area contributed by atoms with Crippen LogP contribution in [-0.4, -0.2) is 32.4 Å². The summed E-state index contributed by atoms with van der Waals surface area (Å²) in [7, 11) is 3.34. The fourth-order valence-electron chi connectivity index (χ4n) is 1.40. The Labute approximate surface area is 98.3 Å². The van der Waals surface area contributed by atoms with Crippen LogP contribution in [0.5, 0.6) is 5.88 Å². The van der Waals surface area contributed by atoms with Crippen LogP contribution < -0.4 is 4.74 Å². The molecule has 6 heteroatoms. The van der Waals surface area contributed by atoms with E-state index in [-0.39, 0.29) is 12.2 Å². The average Bonchev–Trinajstić information content (AvgIpc) is 2.75. The van der Waals surface area contributed by atoms with E-state index in [9.17, 15) is 4.79 Å². The summed E-state index contributed by atoms with van der Waals surface area (Å²) < 4.78 is 6.74. The van der Waals surface area contributed by atoms with E-state index >= 15 is 0 Å². The van der Waals surface area contributed by atoms with Crippen molar-refractivity contribution < 1.29 is 9.53 Å². The first kappa shape index (κ1) is 11.3. The molecule has 0 fully saturated rings. The van der Waals surface area contributed by atoms with E-state index in [1.165, 1.54) is 19.5 Å². The highest BCUT2D eigenvalue weighted by Gasteiger charge is 2.12. The molecule has 0 aromatic carbocycles. The van der Waals surface area contributed by atoms with Crippen molar-refractivity contribution >= 4 is 5.78 Å². The van der Waals surface area contributed by atoms with Gasteiger partial charge in [0, 0.05) is 25.5 Å². The number of hydrogen-bond acceptors (Lipinski definition) is 5. The average molecular weight is 232 g/mol. The van der Waals surface area contributed by atoms with Gasteiger partial charge in [0.1, 0.15) is 17.8 Å². The van der Waals surface area contributed by atoms with Gasteiger partial charge in [-0.2, -0.15) is 0 Å². The molecule has 0 saturated heterocycles. The zero-order chi connectivity index (χ0) is 12.3. The standard InChI is InChI=1S/C11H12N4O2/c1-15-4-3-12-10(15)6-9(16)8-5-11(17-2)14-7-13-8/h3-5,7H,6H2,1-2H3. The monoisotopic (exact) mass is 232 g/mol. The number of hydrogen-bond donors (Lipinski definition) is 0. The highest BCUT2D eigenvalue weighted by Crippen LogP contribution is 2.08. The molecular formula is C11H12N4O2. The maximum atomic E-state index is 11.9. The molecule has 2 aromatic heterocycles. The zero-order valence-corrected chi connectivity index (χ0v) is 9.62. The van der Waals surface area contributed by atoms with Crippen molar-refractivity contribution in [1.29, 1.82) is 0 Å². The van der Waals surface area contributed by atoms with Crippen molar-refractivity contribution in [3.8, 4) is 5.88 Å². The number of ether oxygens (including phenoxy) is 1. The summed E-state index contributed by atoms with van der Waals surface area (Å²) in [5.41, 5.74) is 0.333. The fraction of sp³-hybridized carbons (Fsp3) is 0.273. The number of imidazole rings is 1. The van der Waals surface area contributed by atoms with Gasteiger partial charge in [0.2, 0.25) is 5.88 Å². The van der Waals surface area contributed by atoms with E-state index in [1.807, 2.05) is 7.05 Å². The summed E-state index contributed by atoms with van der Waals surface area (Å²) in [5, 5.41) is 0. The molecule has 6 nitrogen and oxygen atoms in total. The minimum Gasteiger partial charge on any atom is -0.481 e. The second-order valence-corrected chi connectivity index (χ2v) is 3.50. The van der Waals surface area contributed by atoms with E-state index in [4.69, 9.17) is 4.74 Å². The number of rotatable bonds is 4. The van der Waals surface area contributed by atoms with Gasteiger partial charge in [-0.15, -0.1) is 0 Å². The third-order valence-corrected chi connectivity index (χ3v) is 2.38. The Morgan fingerprint density at radius 3 is 2.88 bits per heavy atom. The van der Waals surface area contributed by atoms with E-state index in [1.54, 1.807) is 17.0 Å². The molecular weight excluding hydrogens is 220 g/mol. The maximum absolute atomic E-state index is 11.9. The van der Waals surface area contributed by atoms with Crippen LogP contribution >= 0.6 is 0 Å². The Hall–Kier alpha value is -2.24. The minimum absolute atomic E-state index is 0.111.